The van der Waals surface area contributed by atoms with Gasteiger partial charge in [-0.05, 0) is 54.7 Å². The zero-order valence-corrected chi connectivity index (χ0v) is 19.1. The monoisotopic (exact) mass is 475 g/mol. The summed E-state index contributed by atoms with van der Waals surface area (Å²) in [5.41, 5.74) is 0.956. The van der Waals surface area contributed by atoms with E-state index < -0.39 is 21.8 Å². The minimum atomic E-state index is -3.73. The highest BCUT2D eigenvalue weighted by Crippen LogP contribution is 2.35. The van der Waals surface area contributed by atoms with Crippen LogP contribution in [0.1, 0.15) is 25.3 Å². The zero-order chi connectivity index (χ0) is 23.6. The number of carbonyl (C=O) groups is 2. The Morgan fingerprint density at radius 3 is 2.55 bits per heavy atom. The molecule has 0 spiro atoms. The number of halogens is 1. The van der Waals surface area contributed by atoms with Crippen molar-refractivity contribution >= 4 is 27.5 Å². The van der Waals surface area contributed by atoms with Crippen LogP contribution in [0.2, 0.25) is 0 Å². The molecule has 0 atom stereocenters. The molecule has 2 aliphatic rings. The first-order chi connectivity index (χ1) is 15.7. The molecule has 0 bridgehead atoms. The molecule has 2 amide bonds. The topological polar surface area (TPSA) is 96.0 Å². The van der Waals surface area contributed by atoms with Crippen molar-refractivity contribution in [3.05, 3.63) is 53.8 Å². The van der Waals surface area contributed by atoms with Crippen molar-refractivity contribution in [2.75, 3.05) is 31.1 Å². The summed E-state index contributed by atoms with van der Waals surface area (Å²) in [4.78, 5) is 26.3. The Morgan fingerprint density at radius 2 is 1.85 bits per heavy atom. The smallest absolute Gasteiger partial charge is 0.265 e. The number of sulfonamides is 1. The predicted molar refractivity (Wildman–Crippen MR) is 120 cm³/mol. The predicted octanol–water partition coefficient (Wildman–Crippen LogP) is 2.29. The van der Waals surface area contributed by atoms with Crippen LogP contribution in [0.4, 0.5) is 10.1 Å². The van der Waals surface area contributed by atoms with Gasteiger partial charge < -0.3 is 10.1 Å². The highest BCUT2D eigenvalue weighted by atomic mass is 32.2. The minimum absolute atomic E-state index is 0.0609. The number of ether oxygens (including phenoxy) is 1. The molecular formula is C23H26FN3O5S. The van der Waals surface area contributed by atoms with Crippen LogP contribution in [-0.2, 0) is 26.2 Å². The van der Waals surface area contributed by atoms with E-state index >= 15 is 0 Å². The fourth-order valence-electron chi connectivity index (χ4n) is 3.89. The molecule has 1 N–H and O–H groups in total. The second-order valence-corrected chi connectivity index (χ2v) is 10.3. The van der Waals surface area contributed by atoms with Crippen molar-refractivity contribution in [1.29, 1.82) is 0 Å². The van der Waals surface area contributed by atoms with E-state index in [0.717, 1.165) is 12.8 Å². The summed E-state index contributed by atoms with van der Waals surface area (Å²) in [5, 5.41) is 2.70. The van der Waals surface area contributed by atoms with E-state index in [1.807, 2.05) is 0 Å². The van der Waals surface area contributed by atoms with Gasteiger partial charge in [-0.1, -0.05) is 19.1 Å². The third-order valence-corrected chi connectivity index (χ3v) is 7.85. The van der Waals surface area contributed by atoms with Crippen molar-refractivity contribution in [3.8, 4) is 5.75 Å². The molecule has 1 saturated heterocycles. The fourth-order valence-corrected chi connectivity index (χ4v) is 5.38. The average Bonchev–Trinajstić information content (AvgIpc) is 2.80. The van der Waals surface area contributed by atoms with Gasteiger partial charge in [-0.2, -0.15) is 4.31 Å². The van der Waals surface area contributed by atoms with Crippen LogP contribution in [0.15, 0.2) is 47.4 Å². The quantitative estimate of drug-likeness (QED) is 0.692. The number of rotatable bonds is 6. The van der Waals surface area contributed by atoms with Crippen molar-refractivity contribution in [2.45, 2.75) is 31.2 Å². The Balaban J connectivity index is 1.51. The minimum Gasteiger partial charge on any atom is -0.482 e. The second-order valence-electron chi connectivity index (χ2n) is 8.39. The number of piperidine rings is 1. The molecule has 4 rings (SSSR count). The normalized spacial score (nSPS) is 17.4. The lowest BCUT2D eigenvalue weighted by Gasteiger charge is -2.31. The molecule has 0 saturated carbocycles. The molecule has 2 aromatic carbocycles. The van der Waals surface area contributed by atoms with E-state index in [1.165, 1.54) is 39.5 Å². The van der Waals surface area contributed by atoms with Crippen LogP contribution in [0, 0.1) is 11.7 Å². The molecule has 1 fully saturated rings. The van der Waals surface area contributed by atoms with Gasteiger partial charge in [-0.25, -0.2) is 12.8 Å². The van der Waals surface area contributed by atoms with Gasteiger partial charge in [0.15, 0.2) is 6.61 Å². The highest BCUT2D eigenvalue weighted by molar-refractivity contribution is 7.89. The number of hydrogen-bond acceptors (Lipinski definition) is 5. The summed E-state index contributed by atoms with van der Waals surface area (Å²) in [6.45, 7) is 2.64. The van der Waals surface area contributed by atoms with Gasteiger partial charge in [-0.3, -0.25) is 14.5 Å². The first kappa shape index (κ1) is 23.2. The lowest BCUT2D eigenvalue weighted by atomic mass is 10.0. The molecule has 33 heavy (non-hydrogen) atoms. The molecule has 0 aromatic heterocycles. The number of nitrogens with one attached hydrogen (secondary N) is 1. The van der Waals surface area contributed by atoms with Crippen molar-refractivity contribution in [2.24, 2.45) is 5.92 Å². The number of nitrogens with zero attached hydrogens (tertiary/aromatic N) is 2. The number of amides is 2. The van der Waals surface area contributed by atoms with Gasteiger partial charge in [0, 0.05) is 19.6 Å². The Kier molecular flexibility index (Phi) is 6.66. The SMILES string of the molecule is CC1CCN(S(=O)(=O)c2ccc3c(c2)N(CC(=O)NCc2ccc(F)cc2)C(=O)CO3)CC1. The Labute approximate surface area is 192 Å². The number of anilines is 1. The first-order valence-electron chi connectivity index (χ1n) is 10.8. The van der Waals surface area contributed by atoms with Gasteiger partial charge in [-0.15, -0.1) is 0 Å². The molecule has 176 valence electrons. The molecular weight excluding hydrogens is 449 g/mol. The number of carbonyl (C=O) groups excluding carboxylic acids is 2. The van der Waals surface area contributed by atoms with E-state index in [9.17, 15) is 22.4 Å². The van der Waals surface area contributed by atoms with Gasteiger partial charge in [0.25, 0.3) is 5.91 Å². The van der Waals surface area contributed by atoms with E-state index in [4.69, 9.17) is 4.74 Å². The Morgan fingerprint density at radius 1 is 1.15 bits per heavy atom. The molecule has 2 aliphatic heterocycles. The standard InChI is InChI=1S/C23H26FN3O5S/c1-16-8-10-26(11-9-16)33(30,31)19-6-7-21-20(12-19)27(23(29)15-32-21)14-22(28)25-13-17-2-4-18(24)5-3-17/h2-7,12,16H,8-11,13-15H2,1H3,(H,25,28). The van der Waals surface area contributed by atoms with Crippen LogP contribution in [0.25, 0.3) is 0 Å². The molecule has 10 heteroatoms. The Hall–Kier alpha value is -2.98. The lowest BCUT2D eigenvalue weighted by Crippen LogP contribution is -2.45. The van der Waals surface area contributed by atoms with Crippen LogP contribution >= 0.6 is 0 Å². The number of fused-ring (bicyclic) bond motifs is 1. The third-order valence-electron chi connectivity index (χ3n) is 5.96. The maximum Gasteiger partial charge on any atom is 0.265 e. The van der Waals surface area contributed by atoms with Gasteiger partial charge in [0.2, 0.25) is 15.9 Å². The summed E-state index contributed by atoms with van der Waals surface area (Å²) < 4.78 is 46.2. The van der Waals surface area contributed by atoms with Gasteiger partial charge in [0.05, 0.1) is 10.6 Å². The van der Waals surface area contributed by atoms with Crippen LogP contribution in [0.5, 0.6) is 5.75 Å². The highest BCUT2D eigenvalue weighted by Gasteiger charge is 2.32. The summed E-state index contributed by atoms with van der Waals surface area (Å²) in [6.07, 6.45) is 1.60. The van der Waals surface area contributed by atoms with Crippen molar-refractivity contribution in [3.63, 3.8) is 0 Å². The zero-order valence-electron chi connectivity index (χ0n) is 18.3. The van der Waals surface area contributed by atoms with Gasteiger partial charge >= 0.3 is 0 Å². The first-order valence-corrected chi connectivity index (χ1v) is 12.3. The molecule has 0 unspecified atom stereocenters. The summed E-state index contributed by atoms with van der Waals surface area (Å²) >= 11 is 0. The molecule has 0 radical (unpaired) electrons. The number of benzene rings is 2. The maximum atomic E-state index is 13.1. The molecule has 2 heterocycles. The Bertz CT molecular complexity index is 1150. The lowest BCUT2D eigenvalue weighted by molar-refractivity contribution is -0.125. The molecule has 8 nitrogen and oxygen atoms in total. The third kappa shape index (κ3) is 5.17. The average molecular weight is 476 g/mol. The number of hydrogen-bond donors (Lipinski definition) is 1. The largest absolute Gasteiger partial charge is 0.482 e. The van der Waals surface area contributed by atoms with Crippen LogP contribution in [-0.4, -0.2) is 50.8 Å². The second kappa shape index (κ2) is 9.48. The summed E-state index contributed by atoms with van der Waals surface area (Å²) in [6, 6.07) is 10.1. The molecule has 0 aliphatic carbocycles. The van der Waals surface area contributed by atoms with Crippen LogP contribution < -0.4 is 15.0 Å². The van der Waals surface area contributed by atoms with E-state index in [-0.39, 0.29) is 36.1 Å². The van der Waals surface area contributed by atoms with Crippen LogP contribution in [0.3, 0.4) is 0 Å². The van der Waals surface area contributed by atoms with Crippen molar-refractivity contribution in [1.82, 2.24) is 9.62 Å². The van der Waals surface area contributed by atoms with E-state index in [0.29, 0.717) is 30.3 Å². The summed E-state index contributed by atoms with van der Waals surface area (Å²) in [5.74, 6) is -0.424. The van der Waals surface area contributed by atoms with E-state index in [1.54, 1.807) is 12.1 Å². The van der Waals surface area contributed by atoms with Crippen molar-refractivity contribution < 1.29 is 27.1 Å². The maximum absolute atomic E-state index is 13.1. The summed E-state index contributed by atoms with van der Waals surface area (Å²) in [7, 11) is -3.73. The fraction of sp³-hybridized carbons (Fsp3) is 0.391. The van der Waals surface area contributed by atoms with Gasteiger partial charge in [0.1, 0.15) is 18.1 Å². The van der Waals surface area contributed by atoms with E-state index in [2.05, 4.69) is 12.2 Å². The molecule has 2 aromatic rings.